The normalized spacial score (nSPS) is 22.0. The van der Waals surface area contributed by atoms with E-state index in [2.05, 4.69) is 5.32 Å². The maximum absolute atomic E-state index is 13.3. The fourth-order valence-corrected chi connectivity index (χ4v) is 3.92. The summed E-state index contributed by atoms with van der Waals surface area (Å²) >= 11 is 0. The topological polar surface area (TPSA) is 124 Å². The molecule has 2 aliphatic heterocycles. The van der Waals surface area contributed by atoms with E-state index in [9.17, 15) is 29.1 Å². The Morgan fingerprint density at radius 2 is 2.03 bits per heavy atom. The van der Waals surface area contributed by atoms with Gasteiger partial charge < -0.3 is 14.9 Å². The average Bonchev–Trinajstić information content (AvgIpc) is 2.72. The number of nitrogens with zero attached hydrogens (tertiary/aromatic N) is 2. The number of rotatable bonds is 5. The first-order chi connectivity index (χ1) is 13.8. The molecule has 154 valence electrons. The number of hydrogen-bond acceptors (Lipinski definition) is 6. The minimum absolute atomic E-state index is 0.128. The monoisotopic (exact) mass is 401 g/mol. The number of carboxylic acid groups (broad SMARTS) is 1. The number of aliphatic carboxylic acids is 1. The number of carbonyl (C=O) groups is 5. The van der Waals surface area contributed by atoms with Crippen LogP contribution in [0.15, 0.2) is 18.2 Å². The van der Waals surface area contributed by atoms with Crippen LogP contribution in [0.2, 0.25) is 0 Å². The van der Waals surface area contributed by atoms with E-state index in [4.69, 9.17) is 0 Å². The van der Waals surface area contributed by atoms with Gasteiger partial charge in [0.2, 0.25) is 11.8 Å². The van der Waals surface area contributed by atoms with Gasteiger partial charge in [-0.2, -0.15) is 0 Å². The average molecular weight is 401 g/mol. The van der Waals surface area contributed by atoms with Gasteiger partial charge >= 0.3 is 5.97 Å². The van der Waals surface area contributed by atoms with Gasteiger partial charge in [0.05, 0.1) is 17.2 Å². The van der Waals surface area contributed by atoms with Crippen LogP contribution in [0.5, 0.6) is 0 Å². The second-order valence-corrected chi connectivity index (χ2v) is 7.37. The maximum atomic E-state index is 13.3. The summed E-state index contributed by atoms with van der Waals surface area (Å²) in [5.74, 6) is -2.90. The van der Waals surface area contributed by atoms with E-state index in [1.165, 1.54) is 18.0 Å². The quantitative estimate of drug-likeness (QED) is 0.549. The van der Waals surface area contributed by atoms with Crippen LogP contribution in [0, 0.1) is 5.92 Å². The Hall–Kier alpha value is -3.23. The highest BCUT2D eigenvalue weighted by Gasteiger charge is 2.35. The lowest BCUT2D eigenvalue weighted by Gasteiger charge is -2.35. The zero-order valence-corrected chi connectivity index (χ0v) is 16.1. The largest absolute Gasteiger partial charge is 0.481 e. The number of carbonyl (C=O) groups excluding carboxylic acids is 4. The number of anilines is 1. The molecule has 2 atom stereocenters. The van der Waals surface area contributed by atoms with Crippen molar-refractivity contribution in [3.8, 4) is 0 Å². The van der Waals surface area contributed by atoms with E-state index in [1.54, 1.807) is 17.0 Å². The summed E-state index contributed by atoms with van der Waals surface area (Å²) < 4.78 is 0. The van der Waals surface area contributed by atoms with Crippen LogP contribution in [-0.2, 0) is 14.4 Å². The molecule has 1 aromatic carbocycles. The first-order valence-electron chi connectivity index (χ1n) is 9.50. The molecule has 0 aliphatic carbocycles. The molecule has 0 radical (unpaired) electrons. The smallest absolute Gasteiger partial charge is 0.308 e. The van der Waals surface area contributed by atoms with Crippen molar-refractivity contribution in [2.75, 3.05) is 25.0 Å². The number of amides is 3. The number of carboxylic acids is 1. The first-order valence-corrected chi connectivity index (χ1v) is 9.50. The third-order valence-corrected chi connectivity index (χ3v) is 5.52. The summed E-state index contributed by atoms with van der Waals surface area (Å²) in [6.07, 6.45) is 2.12. The second-order valence-electron chi connectivity index (χ2n) is 7.37. The van der Waals surface area contributed by atoms with Crippen LogP contribution in [0.3, 0.4) is 0 Å². The lowest BCUT2D eigenvalue weighted by atomic mass is 9.95. The van der Waals surface area contributed by atoms with Crippen molar-refractivity contribution in [1.29, 1.82) is 0 Å². The predicted molar refractivity (Wildman–Crippen MR) is 103 cm³/mol. The highest BCUT2D eigenvalue weighted by Crippen LogP contribution is 2.30. The molecule has 3 amide bonds. The molecule has 9 nitrogen and oxygen atoms in total. The van der Waals surface area contributed by atoms with Crippen molar-refractivity contribution in [3.63, 3.8) is 0 Å². The molecule has 2 fully saturated rings. The molecule has 0 spiro atoms. The van der Waals surface area contributed by atoms with Gasteiger partial charge in [-0.25, -0.2) is 0 Å². The Kier molecular flexibility index (Phi) is 5.95. The molecule has 0 saturated carbocycles. The summed E-state index contributed by atoms with van der Waals surface area (Å²) in [6, 6.07) is 4.02. The highest BCUT2D eigenvalue weighted by molar-refractivity contribution is 6.09. The van der Waals surface area contributed by atoms with Crippen molar-refractivity contribution < 1.29 is 29.1 Å². The third-order valence-electron chi connectivity index (χ3n) is 5.52. The summed E-state index contributed by atoms with van der Waals surface area (Å²) in [5, 5.41) is 11.6. The summed E-state index contributed by atoms with van der Waals surface area (Å²) in [6.45, 7) is 0.800. The Labute approximate surface area is 167 Å². The van der Waals surface area contributed by atoms with Crippen LogP contribution in [-0.4, -0.2) is 66.2 Å². The number of hydrogen-bond donors (Lipinski definition) is 2. The van der Waals surface area contributed by atoms with Crippen molar-refractivity contribution >= 4 is 35.7 Å². The molecule has 2 aliphatic rings. The molecule has 2 unspecified atom stereocenters. The predicted octanol–water partition coefficient (Wildman–Crippen LogP) is 0.677. The van der Waals surface area contributed by atoms with Crippen molar-refractivity contribution in [2.45, 2.75) is 31.7 Å². The fourth-order valence-electron chi connectivity index (χ4n) is 3.92. The number of likely N-dealkylation sites (N-methyl/N-ethyl adjacent to an activating group) is 1. The molecule has 29 heavy (non-hydrogen) atoms. The van der Waals surface area contributed by atoms with Gasteiger partial charge in [0.25, 0.3) is 5.91 Å². The Morgan fingerprint density at radius 1 is 1.28 bits per heavy atom. The number of aldehydes is 1. The fraction of sp³-hybridized carbons (Fsp3) is 0.450. The molecule has 2 heterocycles. The van der Waals surface area contributed by atoms with E-state index >= 15 is 0 Å². The van der Waals surface area contributed by atoms with Gasteiger partial charge in [0.1, 0.15) is 6.04 Å². The lowest BCUT2D eigenvalue weighted by Crippen LogP contribution is -2.53. The highest BCUT2D eigenvalue weighted by atomic mass is 16.4. The summed E-state index contributed by atoms with van der Waals surface area (Å²) in [7, 11) is 1.46. The molecular formula is C20H23N3O6. The van der Waals surface area contributed by atoms with Crippen LogP contribution >= 0.6 is 0 Å². The summed E-state index contributed by atoms with van der Waals surface area (Å²) in [5.41, 5.74) is 0.787. The Balaban J connectivity index is 1.94. The SMILES string of the molecule is CN(C(=O)c1c(C=O)cccc1N1CCCC(C(=O)O)C1)C1CCC(=O)NC1=O. The van der Waals surface area contributed by atoms with Crippen molar-refractivity contribution in [1.82, 2.24) is 10.2 Å². The van der Waals surface area contributed by atoms with Gasteiger partial charge in [-0.05, 0) is 25.3 Å². The Morgan fingerprint density at radius 3 is 2.69 bits per heavy atom. The van der Waals surface area contributed by atoms with Gasteiger partial charge in [-0.1, -0.05) is 12.1 Å². The van der Waals surface area contributed by atoms with E-state index in [1.807, 2.05) is 0 Å². The molecule has 2 saturated heterocycles. The van der Waals surface area contributed by atoms with Crippen molar-refractivity contribution in [2.24, 2.45) is 5.92 Å². The number of piperidine rings is 2. The molecule has 3 rings (SSSR count). The molecule has 9 heteroatoms. The van der Waals surface area contributed by atoms with Gasteiger partial charge in [-0.3, -0.25) is 29.3 Å². The van der Waals surface area contributed by atoms with Crippen LogP contribution in [0.25, 0.3) is 0 Å². The van der Waals surface area contributed by atoms with E-state index in [0.29, 0.717) is 31.4 Å². The van der Waals surface area contributed by atoms with Crippen LogP contribution < -0.4 is 10.2 Å². The second kappa shape index (κ2) is 8.42. The zero-order chi connectivity index (χ0) is 21.1. The molecule has 0 bridgehead atoms. The summed E-state index contributed by atoms with van der Waals surface area (Å²) in [4.78, 5) is 63.0. The molecule has 1 aromatic rings. The molecule has 2 N–H and O–H groups in total. The van der Waals surface area contributed by atoms with E-state index in [0.717, 1.165) is 0 Å². The first kappa shape index (κ1) is 20.5. The standard InChI is InChI=1S/C20H23N3O6/c1-22(15-7-8-16(25)21-18(15)26)19(27)17-13(11-24)4-2-6-14(17)23-9-3-5-12(10-23)20(28)29/h2,4,6,11-12,15H,3,5,7-10H2,1H3,(H,28,29)(H,21,25,26). The third kappa shape index (κ3) is 4.13. The van der Waals surface area contributed by atoms with E-state index < -0.39 is 29.7 Å². The van der Waals surface area contributed by atoms with Crippen LogP contribution in [0.4, 0.5) is 5.69 Å². The number of benzene rings is 1. The number of imide groups is 1. The van der Waals surface area contributed by atoms with E-state index in [-0.39, 0.29) is 36.4 Å². The molecular weight excluding hydrogens is 378 g/mol. The van der Waals surface area contributed by atoms with Crippen molar-refractivity contribution in [3.05, 3.63) is 29.3 Å². The zero-order valence-electron chi connectivity index (χ0n) is 16.1. The van der Waals surface area contributed by atoms with Crippen LogP contribution in [0.1, 0.15) is 46.4 Å². The Bertz CT molecular complexity index is 868. The number of nitrogens with one attached hydrogen (secondary N) is 1. The molecule has 0 aromatic heterocycles. The van der Waals surface area contributed by atoms with Gasteiger partial charge in [0.15, 0.2) is 6.29 Å². The minimum atomic E-state index is -0.894. The lowest BCUT2D eigenvalue weighted by molar-refractivity contribution is -0.142. The minimum Gasteiger partial charge on any atom is -0.481 e. The maximum Gasteiger partial charge on any atom is 0.308 e. The van der Waals surface area contributed by atoms with Gasteiger partial charge in [-0.15, -0.1) is 0 Å². The van der Waals surface area contributed by atoms with Gasteiger partial charge in [0, 0.05) is 32.1 Å².